The average molecular weight is 465 g/mol. The van der Waals surface area contributed by atoms with Crippen LogP contribution in [-0.2, 0) is 16.8 Å². The summed E-state index contributed by atoms with van der Waals surface area (Å²) in [5, 5.41) is 22.4. The highest BCUT2D eigenvalue weighted by molar-refractivity contribution is 5.67. The Bertz CT molecular complexity index is 1010. The third kappa shape index (κ3) is 4.53. The molecular formula is C28H36N2O4. The number of aliphatic hydroxyl groups is 1. The van der Waals surface area contributed by atoms with Gasteiger partial charge in [-0.1, -0.05) is 42.5 Å². The van der Waals surface area contributed by atoms with Crippen LogP contribution in [0.5, 0.6) is 5.75 Å². The zero-order valence-electron chi connectivity index (χ0n) is 20.0. The minimum absolute atomic E-state index is 0.0409. The normalized spacial score (nSPS) is 29.3. The molecule has 0 bridgehead atoms. The van der Waals surface area contributed by atoms with E-state index in [9.17, 15) is 15.0 Å². The van der Waals surface area contributed by atoms with Crippen LogP contribution in [0.1, 0.15) is 49.7 Å². The van der Waals surface area contributed by atoms with Gasteiger partial charge in [0, 0.05) is 31.6 Å². The number of phenols is 1. The lowest BCUT2D eigenvalue weighted by molar-refractivity contribution is -0.133. The maximum absolute atomic E-state index is 12.9. The Labute approximate surface area is 202 Å². The number of piperidine rings is 1. The second kappa shape index (κ2) is 9.23. The van der Waals surface area contributed by atoms with Crippen molar-refractivity contribution in [1.29, 1.82) is 0 Å². The SMILES string of the molecule is CN(C(=O)OCc1ccccc1)[C@@H]1CC[C@]2(O)CN(CC3CC3)CC[C@@]2(c2cccc(O)c2)C1. The number of carbonyl (C=O) groups excluding carboxylic acids is 1. The molecule has 2 aromatic rings. The largest absolute Gasteiger partial charge is 0.508 e. The molecule has 1 saturated heterocycles. The Hall–Kier alpha value is -2.57. The molecule has 3 atom stereocenters. The van der Waals surface area contributed by atoms with E-state index in [-0.39, 0.29) is 24.5 Å². The number of nitrogens with zero attached hydrogens (tertiary/aromatic N) is 2. The number of likely N-dealkylation sites (tertiary alicyclic amines) is 1. The summed E-state index contributed by atoms with van der Waals surface area (Å²) < 4.78 is 5.61. The lowest BCUT2D eigenvalue weighted by Crippen LogP contribution is -2.67. The van der Waals surface area contributed by atoms with Crippen molar-refractivity contribution in [3.8, 4) is 5.75 Å². The first-order valence-electron chi connectivity index (χ1n) is 12.6. The number of phenolic OH excluding ortho intramolecular Hbond substituents is 1. The van der Waals surface area contributed by atoms with E-state index in [2.05, 4.69) is 4.90 Å². The fourth-order valence-corrected chi connectivity index (χ4v) is 6.16. The van der Waals surface area contributed by atoms with Crippen molar-refractivity contribution in [3.63, 3.8) is 0 Å². The third-order valence-electron chi connectivity index (χ3n) is 8.36. The molecule has 0 radical (unpaired) electrons. The molecule has 3 aliphatic rings. The number of amides is 1. The van der Waals surface area contributed by atoms with Crippen LogP contribution >= 0.6 is 0 Å². The number of benzene rings is 2. The monoisotopic (exact) mass is 464 g/mol. The summed E-state index contributed by atoms with van der Waals surface area (Å²) in [4.78, 5) is 17.1. The van der Waals surface area contributed by atoms with Crippen LogP contribution in [0, 0.1) is 5.92 Å². The highest BCUT2D eigenvalue weighted by Gasteiger charge is 2.58. The lowest BCUT2D eigenvalue weighted by atomic mass is 9.55. The van der Waals surface area contributed by atoms with E-state index in [0.717, 1.165) is 43.0 Å². The predicted octanol–water partition coefficient (Wildman–Crippen LogP) is 4.30. The number of hydrogen-bond donors (Lipinski definition) is 2. The zero-order valence-corrected chi connectivity index (χ0v) is 20.0. The van der Waals surface area contributed by atoms with E-state index in [1.54, 1.807) is 24.1 Å². The topological polar surface area (TPSA) is 73.2 Å². The van der Waals surface area contributed by atoms with Crippen LogP contribution in [0.4, 0.5) is 4.79 Å². The fourth-order valence-electron chi connectivity index (χ4n) is 6.16. The molecule has 3 fully saturated rings. The number of β-amino-alcohol motifs (C(OH)–C–C–N with tert-alkyl or cyclic N) is 1. The minimum Gasteiger partial charge on any atom is -0.508 e. The summed E-state index contributed by atoms with van der Waals surface area (Å²) in [6.07, 6.45) is 5.06. The Balaban J connectivity index is 1.35. The van der Waals surface area contributed by atoms with Gasteiger partial charge in [0.1, 0.15) is 12.4 Å². The van der Waals surface area contributed by atoms with Gasteiger partial charge in [-0.3, -0.25) is 0 Å². The molecule has 0 unspecified atom stereocenters. The summed E-state index contributed by atoms with van der Waals surface area (Å²) in [5.41, 5.74) is 0.528. The molecule has 2 N–H and O–H groups in total. The fraction of sp³-hybridized carbons (Fsp3) is 0.536. The van der Waals surface area contributed by atoms with Gasteiger partial charge < -0.3 is 24.7 Å². The van der Waals surface area contributed by atoms with Crippen LogP contribution in [0.25, 0.3) is 0 Å². The van der Waals surface area contributed by atoms with E-state index in [4.69, 9.17) is 4.74 Å². The first kappa shape index (κ1) is 23.2. The van der Waals surface area contributed by atoms with Gasteiger partial charge in [-0.2, -0.15) is 0 Å². The Morgan fingerprint density at radius 2 is 1.91 bits per heavy atom. The van der Waals surface area contributed by atoms with Gasteiger partial charge in [0.2, 0.25) is 0 Å². The highest BCUT2D eigenvalue weighted by Crippen LogP contribution is 2.53. The molecule has 34 heavy (non-hydrogen) atoms. The maximum Gasteiger partial charge on any atom is 0.410 e. The summed E-state index contributed by atoms with van der Waals surface area (Å²) >= 11 is 0. The number of aromatic hydroxyl groups is 1. The quantitative estimate of drug-likeness (QED) is 0.667. The second-order valence-corrected chi connectivity index (χ2v) is 10.6. The van der Waals surface area contributed by atoms with Crippen molar-refractivity contribution in [2.75, 3.05) is 26.7 Å². The summed E-state index contributed by atoms with van der Waals surface area (Å²) in [7, 11) is 1.81. The van der Waals surface area contributed by atoms with Gasteiger partial charge in [0.25, 0.3) is 0 Å². The first-order valence-corrected chi connectivity index (χ1v) is 12.6. The highest BCUT2D eigenvalue weighted by atomic mass is 16.6. The Morgan fingerprint density at radius 1 is 1.12 bits per heavy atom. The molecule has 1 aliphatic heterocycles. The van der Waals surface area contributed by atoms with Crippen molar-refractivity contribution in [1.82, 2.24) is 9.80 Å². The molecule has 2 aliphatic carbocycles. The summed E-state index contributed by atoms with van der Waals surface area (Å²) in [6.45, 7) is 2.87. The van der Waals surface area contributed by atoms with Gasteiger partial charge in [0.15, 0.2) is 0 Å². The molecule has 1 heterocycles. The first-order chi connectivity index (χ1) is 16.4. The number of hydrogen-bond acceptors (Lipinski definition) is 5. The molecule has 5 rings (SSSR count). The van der Waals surface area contributed by atoms with E-state index >= 15 is 0 Å². The van der Waals surface area contributed by atoms with Crippen molar-refractivity contribution in [2.24, 2.45) is 5.92 Å². The maximum atomic E-state index is 12.9. The molecule has 1 amide bonds. The number of ether oxygens (including phenoxy) is 1. The molecule has 182 valence electrons. The average Bonchev–Trinajstić information content (AvgIpc) is 3.66. The van der Waals surface area contributed by atoms with Gasteiger partial charge in [0.05, 0.1) is 5.60 Å². The van der Waals surface area contributed by atoms with Crippen LogP contribution in [-0.4, -0.2) is 64.4 Å². The van der Waals surface area contributed by atoms with Crippen LogP contribution in [0.3, 0.4) is 0 Å². The van der Waals surface area contributed by atoms with Gasteiger partial charge in [-0.25, -0.2) is 4.79 Å². The standard InChI is InChI=1S/C28H36N2O4/c1-29(26(32)34-19-22-6-3-2-4-7-22)24-12-13-28(33)20-30(18-21-10-11-21)15-14-27(28,17-24)23-8-5-9-25(31)16-23/h2-9,16,21,24,31,33H,10-15,17-20H2,1H3/t24-,27+,28+/m1/s1. The molecule has 0 aromatic heterocycles. The summed E-state index contributed by atoms with van der Waals surface area (Å²) in [5.74, 6) is 0.992. The second-order valence-electron chi connectivity index (χ2n) is 10.6. The lowest BCUT2D eigenvalue weighted by Gasteiger charge is -2.59. The molecule has 0 spiro atoms. The smallest absolute Gasteiger partial charge is 0.410 e. The molecule has 6 nitrogen and oxygen atoms in total. The van der Waals surface area contributed by atoms with E-state index in [1.807, 2.05) is 42.5 Å². The minimum atomic E-state index is -0.890. The molecule has 6 heteroatoms. The Morgan fingerprint density at radius 3 is 2.65 bits per heavy atom. The zero-order chi connectivity index (χ0) is 23.8. The molecular weight excluding hydrogens is 428 g/mol. The Kier molecular flexibility index (Phi) is 6.30. The van der Waals surface area contributed by atoms with Crippen molar-refractivity contribution >= 4 is 6.09 Å². The van der Waals surface area contributed by atoms with Crippen LogP contribution in [0.2, 0.25) is 0 Å². The predicted molar refractivity (Wildman–Crippen MR) is 131 cm³/mol. The van der Waals surface area contributed by atoms with Gasteiger partial charge in [-0.15, -0.1) is 0 Å². The number of rotatable bonds is 6. The van der Waals surface area contributed by atoms with E-state index < -0.39 is 11.0 Å². The van der Waals surface area contributed by atoms with E-state index in [1.165, 1.54) is 12.8 Å². The van der Waals surface area contributed by atoms with Crippen LogP contribution < -0.4 is 0 Å². The van der Waals surface area contributed by atoms with Crippen LogP contribution in [0.15, 0.2) is 54.6 Å². The summed E-state index contributed by atoms with van der Waals surface area (Å²) in [6, 6.07) is 17.0. The van der Waals surface area contributed by atoms with Crippen molar-refractivity contribution in [2.45, 2.75) is 62.2 Å². The molecule has 2 saturated carbocycles. The van der Waals surface area contributed by atoms with Crippen molar-refractivity contribution in [3.05, 3.63) is 65.7 Å². The van der Waals surface area contributed by atoms with Gasteiger partial charge in [-0.05, 0) is 74.2 Å². The van der Waals surface area contributed by atoms with E-state index in [0.29, 0.717) is 19.4 Å². The molecule has 2 aromatic carbocycles. The van der Waals surface area contributed by atoms with Crippen molar-refractivity contribution < 1.29 is 19.7 Å². The number of fused-ring (bicyclic) bond motifs is 1. The third-order valence-corrected chi connectivity index (χ3v) is 8.36. The number of carbonyl (C=O) groups is 1. The van der Waals surface area contributed by atoms with Gasteiger partial charge >= 0.3 is 6.09 Å².